The summed E-state index contributed by atoms with van der Waals surface area (Å²) in [4.78, 5) is 12.2. The van der Waals surface area contributed by atoms with E-state index in [-0.39, 0.29) is 12.5 Å². The number of hydrogen-bond acceptors (Lipinski definition) is 2. The maximum absolute atomic E-state index is 12.2. The van der Waals surface area contributed by atoms with E-state index in [0.717, 1.165) is 16.8 Å². The Morgan fingerprint density at radius 3 is 2.75 bits per heavy atom. The summed E-state index contributed by atoms with van der Waals surface area (Å²) >= 11 is 0. The number of carbonyl (C=O) groups excluding carboxylic acids is 1. The van der Waals surface area contributed by atoms with Crippen molar-refractivity contribution in [2.75, 3.05) is 11.9 Å². The highest BCUT2D eigenvalue weighted by Gasteiger charge is 2.18. The monoisotopic (exact) mass is 265 g/mol. The van der Waals surface area contributed by atoms with E-state index < -0.39 is 0 Å². The van der Waals surface area contributed by atoms with Gasteiger partial charge in [-0.2, -0.15) is 0 Å². The number of nitrogens with one attached hydrogen (secondary N) is 1. The van der Waals surface area contributed by atoms with Gasteiger partial charge in [0.15, 0.2) is 0 Å². The topological polar surface area (TPSA) is 38.3 Å². The van der Waals surface area contributed by atoms with Gasteiger partial charge in [0.25, 0.3) is 5.91 Å². The zero-order chi connectivity index (χ0) is 13.9. The molecule has 0 saturated heterocycles. The standard InChI is InChI=1S/C17H15NO2/c1-12-7-8-16-15(9-12)18-17(19)14(11-20-16)10-13-5-3-2-4-6-13/h2-10H,11H2,1H3,(H,18,19)/b14-10+. The fourth-order valence-corrected chi connectivity index (χ4v) is 2.15. The molecule has 0 spiro atoms. The van der Waals surface area contributed by atoms with Crippen LogP contribution in [0, 0.1) is 6.92 Å². The van der Waals surface area contributed by atoms with Crippen LogP contribution in [0.5, 0.6) is 5.75 Å². The van der Waals surface area contributed by atoms with Crippen molar-refractivity contribution in [2.24, 2.45) is 0 Å². The summed E-state index contributed by atoms with van der Waals surface area (Å²) < 4.78 is 5.71. The summed E-state index contributed by atoms with van der Waals surface area (Å²) in [6.07, 6.45) is 1.86. The molecular weight excluding hydrogens is 250 g/mol. The lowest BCUT2D eigenvalue weighted by Crippen LogP contribution is -2.15. The molecule has 3 nitrogen and oxygen atoms in total. The molecule has 3 rings (SSSR count). The van der Waals surface area contributed by atoms with Crippen molar-refractivity contribution in [3.05, 3.63) is 65.2 Å². The van der Waals surface area contributed by atoms with Crippen LogP contribution in [0.3, 0.4) is 0 Å². The molecular formula is C17H15NO2. The van der Waals surface area contributed by atoms with Crippen LogP contribution in [-0.4, -0.2) is 12.5 Å². The second-order valence-electron chi connectivity index (χ2n) is 4.82. The number of rotatable bonds is 1. The zero-order valence-electron chi connectivity index (χ0n) is 11.2. The van der Waals surface area contributed by atoms with Crippen molar-refractivity contribution in [3.8, 4) is 5.75 Å². The fraction of sp³-hybridized carbons (Fsp3) is 0.118. The van der Waals surface area contributed by atoms with Crippen LogP contribution >= 0.6 is 0 Å². The Hall–Kier alpha value is -2.55. The molecule has 1 aliphatic heterocycles. The van der Waals surface area contributed by atoms with Crippen LogP contribution in [0.2, 0.25) is 0 Å². The highest BCUT2D eigenvalue weighted by atomic mass is 16.5. The number of ether oxygens (including phenoxy) is 1. The first-order valence-corrected chi connectivity index (χ1v) is 6.53. The summed E-state index contributed by atoms with van der Waals surface area (Å²) in [5.74, 6) is 0.596. The Morgan fingerprint density at radius 2 is 1.95 bits per heavy atom. The second-order valence-corrected chi connectivity index (χ2v) is 4.82. The van der Waals surface area contributed by atoms with Crippen molar-refractivity contribution in [1.29, 1.82) is 0 Å². The van der Waals surface area contributed by atoms with Gasteiger partial charge in [-0.1, -0.05) is 36.4 Å². The summed E-state index contributed by atoms with van der Waals surface area (Å²) in [6.45, 7) is 2.26. The van der Waals surface area contributed by atoms with E-state index in [0.29, 0.717) is 11.3 Å². The third-order valence-electron chi connectivity index (χ3n) is 3.20. The van der Waals surface area contributed by atoms with Crippen molar-refractivity contribution < 1.29 is 9.53 Å². The number of fused-ring (bicyclic) bond motifs is 1. The van der Waals surface area contributed by atoms with Crippen LogP contribution in [0.15, 0.2) is 54.1 Å². The molecule has 0 atom stereocenters. The van der Waals surface area contributed by atoms with Gasteiger partial charge in [-0.25, -0.2) is 0 Å². The average molecular weight is 265 g/mol. The Balaban J connectivity index is 1.92. The smallest absolute Gasteiger partial charge is 0.255 e. The van der Waals surface area contributed by atoms with E-state index in [1.807, 2.05) is 61.5 Å². The van der Waals surface area contributed by atoms with Crippen LogP contribution in [0.25, 0.3) is 6.08 Å². The van der Waals surface area contributed by atoms with E-state index in [4.69, 9.17) is 4.74 Å². The zero-order valence-corrected chi connectivity index (χ0v) is 11.2. The number of aryl methyl sites for hydroxylation is 1. The Bertz CT molecular complexity index is 675. The number of amides is 1. The molecule has 3 heteroatoms. The van der Waals surface area contributed by atoms with Gasteiger partial charge in [0.1, 0.15) is 12.4 Å². The molecule has 2 aromatic rings. The minimum atomic E-state index is -0.113. The van der Waals surface area contributed by atoms with Gasteiger partial charge in [0.2, 0.25) is 0 Å². The predicted octanol–water partition coefficient (Wildman–Crippen LogP) is 3.41. The first-order valence-electron chi connectivity index (χ1n) is 6.53. The van der Waals surface area contributed by atoms with Gasteiger partial charge in [-0.3, -0.25) is 4.79 Å². The summed E-state index contributed by atoms with van der Waals surface area (Å²) in [7, 11) is 0. The third-order valence-corrected chi connectivity index (χ3v) is 3.20. The van der Waals surface area contributed by atoms with Gasteiger partial charge < -0.3 is 10.1 Å². The van der Waals surface area contributed by atoms with E-state index in [9.17, 15) is 4.79 Å². The van der Waals surface area contributed by atoms with Crippen LogP contribution < -0.4 is 10.1 Å². The largest absolute Gasteiger partial charge is 0.487 e. The molecule has 0 bridgehead atoms. The van der Waals surface area contributed by atoms with Crippen LogP contribution in [0.1, 0.15) is 11.1 Å². The van der Waals surface area contributed by atoms with Gasteiger partial charge in [0.05, 0.1) is 11.3 Å². The molecule has 0 aromatic heterocycles. The lowest BCUT2D eigenvalue weighted by atomic mass is 10.1. The minimum Gasteiger partial charge on any atom is -0.487 e. The summed E-state index contributed by atoms with van der Waals surface area (Å²) in [6, 6.07) is 15.5. The molecule has 1 aliphatic rings. The van der Waals surface area contributed by atoms with Crippen molar-refractivity contribution in [2.45, 2.75) is 6.92 Å². The predicted molar refractivity (Wildman–Crippen MR) is 79.7 cm³/mol. The maximum atomic E-state index is 12.2. The van der Waals surface area contributed by atoms with E-state index in [2.05, 4.69) is 5.32 Å². The van der Waals surface area contributed by atoms with Crippen molar-refractivity contribution in [1.82, 2.24) is 0 Å². The SMILES string of the molecule is Cc1ccc2c(c1)NC(=O)/C(=C/c1ccccc1)CO2. The van der Waals surface area contributed by atoms with Crippen molar-refractivity contribution >= 4 is 17.7 Å². The quantitative estimate of drug-likeness (QED) is 0.802. The van der Waals surface area contributed by atoms with E-state index in [1.54, 1.807) is 0 Å². The summed E-state index contributed by atoms with van der Waals surface area (Å²) in [5, 5.41) is 2.90. The number of carbonyl (C=O) groups is 1. The molecule has 0 fully saturated rings. The van der Waals surface area contributed by atoms with Crippen LogP contribution in [0.4, 0.5) is 5.69 Å². The van der Waals surface area contributed by atoms with Gasteiger partial charge in [-0.15, -0.1) is 0 Å². The highest BCUT2D eigenvalue weighted by Crippen LogP contribution is 2.29. The van der Waals surface area contributed by atoms with Crippen molar-refractivity contribution in [3.63, 3.8) is 0 Å². The normalized spacial score (nSPS) is 16.1. The van der Waals surface area contributed by atoms with Gasteiger partial charge in [-0.05, 0) is 36.3 Å². The molecule has 0 aliphatic carbocycles. The van der Waals surface area contributed by atoms with Gasteiger partial charge >= 0.3 is 0 Å². The maximum Gasteiger partial charge on any atom is 0.255 e. The second kappa shape index (κ2) is 5.21. The lowest BCUT2D eigenvalue weighted by Gasteiger charge is -2.06. The molecule has 1 heterocycles. The molecule has 0 saturated carbocycles. The molecule has 0 unspecified atom stereocenters. The average Bonchev–Trinajstić information content (AvgIpc) is 2.59. The highest BCUT2D eigenvalue weighted by molar-refractivity contribution is 6.08. The number of benzene rings is 2. The number of anilines is 1. The molecule has 0 radical (unpaired) electrons. The first kappa shape index (κ1) is 12.5. The van der Waals surface area contributed by atoms with Crippen LogP contribution in [-0.2, 0) is 4.79 Å². The molecule has 1 N–H and O–H groups in total. The van der Waals surface area contributed by atoms with E-state index >= 15 is 0 Å². The number of hydrogen-bond donors (Lipinski definition) is 1. The Morgan fingerprint density at radius 1 is 1.15 bits per heavy atom. The molecule has 2 aromatic carbocycles. The minimum absolute atomic E-state index is 0.113. The molecule has 20 heavy (non-hydrogen) atoms. The third kappa shape index (κ3) is 2.57. The molecule has 1 amide bonds. The Labute approximate surface area is 117 Å². The van der Waals surface area contributed by atoms with E-state index in [1.165, 1.54) is 0 Å². The molecule has 100 valence electrons. The first-order chi connectivity index (χ1) is 9.72. The fourth-order valence-electron chi connectivity index (χ4n) is 2.15. The Kier molecular flexibility index (Phi) is 3.25. The van der Waals surface area contributed by atoms with Gasteiger partial charge in [0, 0.05) is 0 Å². The lowest BCUT2D eigenvalue weighted by molar-refractivity contribution is -0.112. The summed E-state index contributed by atoms with van der Waals surface area (Å²) in [5.41, 5.74) is 3.42.